The van der Waals surface area contributed by atoms with Gasteiger partial charge in [0.2, 0.25) is 0 Å². The SMILES string of the molecule is OCC(c1ccc2c(c1)CCCC2)N1CCNCC1. The fourth-order valence-electron chi connectivity index (χ4n) is 3.39. The van der Waals surface area contributed by atoms with Crippen LogP contribution in [0.2, 0.25) is 0 Å². The molecule has 1 unspecified atom stereocenters. The highest BCUT2D eigenvalue weighted by molar-refractivity contribution is 5.35. The molecule has 0 bridgehead atoms. The van der Waals surface area contributed by atoms with E-state index in [0.29, 0.717) is 0 Å². The second-order valence-corrected chi connectivity index (χ2v) is 5.72. The van der Waals surface area contributed by atoms with Gasteiger partial charge in [-0.2, -0.15) is 0 Å². The molecule has 1 fully saturated rings. The van der Waals surface area contributed by atoms with Gasteiger partial charge in [0.05, 0.1) is 12.6 Å². The van der Waals surface area contributed by atoms with Crippen molar-refractivity contribution in [2.75, 3.05) is 32.8 Å². The topological polar surface area (TPSA) is 35.5 Å². The average Bonchev–Trinajstić information content (AvgIpc) is 2.49. The molecule has 0 amide bonds. The van der Waals surface area contributed by atoms with Crippen molar-refractivity contribution >= 4 is 0 Å². The van der Waals surface area contributed by atoms with E-state index in [1.807, 2.05) is 0 Å². The first-order valence-electron chi connectivity index (χ1n) is 7.56. The largest absolute Gasteiger partial charge is 0.394 e. The van der Waals surface area contributed by atoms with E-state index in [4.69, 9.17) is 0 Å². The van der Waals surface area contributed by atoms with E-state index in [9.17, 15) is 5.11 Å². The van der Waals surface area contributed by atoms with E-state index in [2.05, 4.69) is 28.4 Å². The minimum absolute atomic E-state index is 0.175. The summed E-state index contributed by atoms with van der Waals surface area (Å²) in [6.45, 7) is 4.34. The highest BCUT2D eigenvalue weighted by atomic mass is 16.3. The number of piperazine rings is 1. The van der Waals surface area contributed by atoms with Gasteiger partial charge in [-0.15, -0.1) is 0 Å². The number of nitrogens with zero attached hydrogens (tertiary/aromatic N) is 1. The van der Waals surface area contributed by atoms with E-state index < -0.39 is 0 Å². The lowest BCUT2D eigenvalue weighted by atomic mass is 9.89. The molecule has 3 nitrogen and oxygen atoms in total. The number of aliphatic hydroxyl groups excluding tert-OH is 1. The number of hydrogen-bond acceptors (Lipinski definition) is 3. The lowest BCUT2D eigenvalue weighted by Crippen LogP contribution is -2.46. The van der Waals surface area contributed by atoms with E-state index in [-0.39, 0.29) is 12.6 Å². The Hall–Kier alpha value is -0.900. The van der Waals surface area contributed by atoms with E-state index >= 15 is 0 Å². The summed E-state index contributed by atoms with van der Waals surface area (Å²) < 4.78 is 0. The van der Waals surface area contributed by atoms with Crippen molar-refractivity contribution in [3.8, 4) is 0 Å². The molecule has 1 atom stereocenters. The summed E-state index contributed by atoms with van der Waals surface area (Å²) in [7, 11) is 0. The van der Waals surface area contributed by atoms with Crippen molar-refractivity contribution in [3.63, 3.8) is 0 Å². The summed E-state index contributed by atoms with van der Waals surface area (Å²) in [5.41, 5.74) is 4.33. The number of rotatable bonds is 3. The number of aliphatic hydroxyl groups is 1. The summed E-state index contributed by atoms with van der Waals surface area (Å²) >= 11 is 0. The third-order valence-electron chi connectivity index (χ3n) is 4.52. The standard InChI is InChI=1S/C16H24N2O/c19-12-16(18-9-7-17-8-10-18)15-6-5-13-3-1-2-4-14(13)11-15/h5-6,11,16-17,19H,1-4,7-10,12H2. The molecule has 104 valence electrons. The Kier molecular flexibility index (Phi) is 4.16. The maximum atomic E-state index is 9.77. The van der Waals surface area contributed by atoms with Crippen molar-refractivity contribution in [2.45, 2.75) is 31.7 Å². The van der Waals surface area contributed by atoms with Gasteiger partial charge in [-0.25, -0.2) is 0 Å². The van der Waals surface area contributed by atoms with Gasteiger partial charge in [0, 0.05) is 26.2 Å². The second kappa shape index (κ2) is 6.04. The van der Waals surface area contributed by atoms with E-state index in [1.165, 1.54) is 42.4 Å². The molecule has 2 aliphatic rings. The third kappa shape index (κ3) is 2.83. The lowest BCUT2D eigenvalue weighted by molar-refractivity contribution is 0.111. The van der Waals surface area contributed by atoms with Crippen LogP contribution in [0.25, 0.3) is 0 Å². The highest BCUT2D eigenvalue weighted by Gasteiger charge is 2.22. The molecule has 3 heteroatoms. The van der Waals surface area contributed by atoms with Crippen LogP contribution in [0.4, 0.5) is 0 Å². The highest BCUT2D eigenvalue weighted by Crippen LogP contribution is 2.27. The molecule has 19 heavy (non-hydrogen) atoms. The Balaban J connectivity index is 1.82. The van der Waals surface area contributed by atoms with Crippen LogP contribution in [0.3, 0.4) is 0 Å². The Morgan fingerprint density at radius 2 is 1.84 bits per heavy atom. The molecule has 3 rings (SSSR count). The van der Waals surface area contributed by atoms with Crippen LogP contribution in [0.1, 0.15) is 35.6 Å². The summed E-state index contributed by atoms with van der Waals surface area (Å²) in [6.07, 6.45) is 5.08. The average molecular weight is 260 g/mol. The second-order valence-electron chi connectivity index (χ2n) is 5.72. The first-order valence-corrected chi connectivity index (χ1v) is 7.56. The molecule has 1 saturated heterocycles. The fourth-order valence-corrected chi connectivity index (χ4v) is 3.39. The zero-order valence-corrected chi connectivity index (χ0v) is 11.6. The molecule has 0 radical (unpaired) electrons. The summed E-state index contributed by atoms with van der Waals surface area (Å²) in [6, 6.07) is 7.04. The minimum atomic E-state index is 0.175. The predicted molar refractivity (Wildman–Crippen MR) is 77.4 cm³/mol. The van der Waals surface area contributed by atoms with Crippen LogP contribution >= 0.6 is 0 Å². The smallest absolute Gasteiger partial charge is 0.0628 e. The molecular formula is C16H24N2O. The number of fused-ring (bicyclic) bond motifs is 1. The molecule has 0 saturated carbocycles. The van der Waals surface area contributed by atoms with Crippen LogP contribution in [0.5, 0.6) is 0 Å². The first-order chi connectivity index (χ1) is 9.38. The van der Waals surface area contributed by atoms with Gasteiger partial charge in [-0.05, 0) is 42.4 Å². The summed E-state index contributed by atoms with van der Waals surface area (Å²) in [5, 5.41) is 13.1. The fraction of sp³-hybridized carbons (Fsp3) is 0.625. The Labute approximate surface area is 115 Å². The van der Waals surface area contributed by atoms with Gasteiger partial charge in [0.25, 0.3) is 0 Å². The van der Waals surface area contributed by atoms with Crippen LogP contribution < -0.4 is 5.32 Å². The number of hydrogen-bond donors (Lipinski definition) is 2. The van der Waals surface area contributed by atoms with Gasteiger partial charge < -0.3 is 10.4 Å². The van der Waals surface area contributed by atoms with Crippen molar-refractivity contribution in [2.24, 2.45) is 0 Å². The molecule has 1 aromatic carbocycles. The van der Waals surface area contributed by atoms with Crippen molar-refractivity contribution < 1.29 is 5.11 Å². The van der Waals surface area contributed by atoms with Gasteiger partial charge in [-0.1, -0.05) is 18.2 Å². The normalized spacial score (nSPS) is 21.9. The maximum Gasteiger partial charge on any atom is 0.0628 e. The molecule has 1 aliphatic carbocycles. The van der Waals surface area contributed by atoms with Crippen LogP contribution in [0, 0.1) is 0 Å². The van der Waals surface area contributed by atoms with Crippen LogP contribution in [-0.2, 0) is 12.8 Å². The van der Waals surface area contributed by atoms with Crippen LogP contribution in [-0.4, -0.2) is 42.8 Å². The predicted octanol–water partition coefficient (Wildman–Crippen LogP) is 1.50. The van der Waals surface area contributed by atoms with Gasteiger partial charge >= 0.3 is 0 Å². The van der Waals surface area contributed by atoms with Gasteiger partial charge in [0.1, 0.15) is 0 Å². The van der Waals surface area contributed by atoms with Crippen molar-refractivity contribution in [1.29, 1.82) is 0 Å². The quantitative estimate of drug-likeness (QED) is 0.864. The molecule has 0 spiro atoms. The monoisotopic (exact) mass is 260 g/mol. The molecule has 2 N–H and O–H groups in total. The Morgan fingerprint density at radius 1 is 1.11 bits per heavy atom. The number of aryl methyl sites for hydroxylation is 2. The van der Waals surface area contributed by atoms with Crippen molar-refractivity contribution in [3.05, 3.63) is 34.9 Å². The number of nitrogens with one attached hydrogen (secondary N) is 1. The zero-order chi connectivity index (χ0) is 13.1. The van der Waals surface area contributed by atoms with Crippen molar-refractivity contribution in [1.82, 2.24) is 10.2 Å². The molecular weight excluding hydrogens is 236 g/mol. The molecule has 1 heterocycles. The van der Waals surface area contributed by atoms with E-state index in [0.717, 1.165) is 26.2 Å². The zero-order valence-electron chi connectivity index (χ0n) is 11.6. The molecule has 0 aromatic heterocycles. The Bertz CT molecular complexity index is 427. The van der Waals surface area contributed by atoms with E-state index in [1.54, 1.807) is 0 Å². The minimum Gasteiger partial charge on any atom is -0.394 e. The maximum absolute atomic E-state index is 9.77. The summed E-state index contributed by atoms with van der Waals surface area (Å²) in [5.74, 6) is 0. The van der Waals surface area contributed by atoms with Gasteiger partial charge in [-0.3, -0.25) is 4.90 Å². The molecule has 1 aliphatic heterocycles. The lowest BCUT2D eigenvalue weighted by Gasteiger charge is -2.34. The number of benzene rings is 1. The Morgan fingerprint density at radius 3 is 2.58 bits per heavy atom. The summed E-state index contributed by atoms with van der Waals surface area (Å²) in [4.78, 5) is 2.40. The van der Waals surface area contributed by atoms with Gasteiger partial charge in [0.15, 0.2) is 0 Å². The van der Waals surface area contributed by atoms with Crippen LogP contribution in [0.15, 0.2) is 18.2 Å². The first kappa shape index (κ1) is 13.1. The third-order valence-corrected chi connectivity index (χ3v) is 4.52. The molecule has 1 aromatic rings.